The number of carbonyl (C=O) groups excluding carboxylic acids is 2. The monoisotopic (exact) mass is 230 g/mol. The lowest BCUT2D eigenvalue weighted by molar-refractivity contribution is -0.146. The lowest BCUT2D eigenvalue weighted by atomic mass is 10.0. The minimum atomic E-state index is -0.540. The van der Waals surface area contributed by atoms with Crippen LogP contribution in [0, 0.1) is 0 Å². The van der Waals surface area contributed by atoms with E-state index in [1.165, 1.54) is 7.11 Å². The van der Waals surface area contributed by atoms with Crippen molar-refractivity contribution in [3.05, 3.63) is 0 Å². The first-order valence-corrected chi connectivity index (χ1v) is 5.14. The molecule has 0 spiro atoms. The van der Waals surface area contributed by atoms with E-state index in [-0.39, 0.29) is 12.0 Å². The van der Waals surface area contributed by atoms with Crippen molar-refractivity contribution >= 4 is 12.1 Å². The number of carbonyl (C=O) groups is 2. The molecule has 1 aliphatic rings. The molecule has 1 rings (SSSR count). The molecule has 0 aromatic rings. The van der Waals surface area contributed by atoms with Crippen LogP contribution in [0.2, 0.25) is 0 Å². The second-order valence-corrected chi connectivity index (χ2v) is 4.66. The maximum absolute atomic E-state index is 11.4. The summed E-state index contributed by atoms with van der Waals surface area (Å²) in [6.45, 7) is 5.88. The van der Waals surface area contributed by atoms with Crippen molar-refractivity contribution in [2.45, 2.75) is 38.5 Å². The fraction of sp³-hybridized carbons (Fsp3) is 0.800. The van der Waals surface area contributed by atoms with Crippen LogP contribution in [0.25, 0.3) is 0 Å². The van der Waals surface area contributed by atoms with Crippen LogP contribution >= 0.6 is 0 Å². The van der Waals surface area contributed by atoms with Gasteiger partial charge in [0.1, 0.15) is 11.6 Å². The smallest absolute Gasteiger partial charge is 0.407 e. The van der Waals surface area contributed by atoms with Gasteiger partial charge in [0.05, 0.1) is 13.2 Å². The molecule has 1 amide bonds. The summed E-state index contributed by atoms with van der Waals surface area (Å²) in [5.74, 6) is -0.382. The van der Waals surface area contributed by atoms with Crippen LogP contribution in [0.4, 0.5) is 4.79 Å². The molecule has 1 fully saturated rings. The van der Waals surface area contributed by atoms with Gasteiger partial charge in [-0.3, -0.25) is 4.79 Å². The predicted molar refractivity (Wildman–Crippen MR) is 57.0 cm³/mol. The van der Waals surface area contributed by atoms with Crippen molar-refractivity contribution in [3.8, 4) is 0 Å². The third-order valence-electron chi connectivity index (χ3n) is 2.12. The molecule has 6 heteroatoms. The third kappa shape index (κ3) is 3.37. The second-order valence-electron chi connectivity index (χ2n) is 4.66. The normalized spacial score (nSPS) is 24.2. The van der Waals surface area contributed by atoms with Crippen LogP contribution in [0.1, 0.15) is 20.8 Å². The summed E-state index contributed by atoms with van der Waals surface area (Å²) < 4.78 is 9.65. The van der Waals surface area contributed by atoms with E-state index in [0.717, 1.165) is 0 Å². The number of amides is 1. The Morgan fingerprint density at radius 3 is 2.38 bits per heavy atom. The second kappa shape index (κ2) is 4.69. The van der Waals surface area contributed by atoms with E-state index < -0.39 is 17.7 Å². The summed E-state index contributed by atoms with van der Waals surface area (Å²) in [4.78, 5) is 22.6. The SMILES string of the molecule is COC(=O)C1NCC1NC(=O)OC(C)(C)C. The van der Waals surface area contributed by atoms with Gasteiger partial charge in [-0.1, -0.05) is 0 Å². The maximum Gasteiger partial charge on any atom is 0.407 e. The van der Waals surface area contributed by atoms with Gasteiger partial charge in [0, 0.05) is 6.54 Å². The first-order valence-electron chi connectivity index (χ1n) is 5.14. The Morgan fingerprint density at radius 2 is 2.00 bits per heavy atom. The lowest BCUT2D eigenvalue weighted by Crippen LogP contribution is -2.68. The minimum Gasteiger partial charge on any atom is -0.468 e. The molecule has 1 heterocycles. The van der Waals surface area contributed by atoms with Crippen molar-refractivity contribution in [3.63, 3.8) is 0 Å². The zero-order valence-electron chi connectivity index (χ0n) is 9.99. The zero-order chi connectivity index (χ0) is 12.3. The molecule has 0 bridgehead atoms. The van der Waals surface area contributed by atoms with E-state index >= 15 is 0 Å². The molecule has 0 radical (unpaired) electrons. The lowest BCUT2D eigenvalue weighted by Gasteiger charge is -2.36. The molecule has 1 saturated heterocycles. The summed E-state index contributed by atoms with van der Waals surface area (Å²) >= 11 is 0. The minimum absolute atomic E-state index is 0.262. The number of hydrogen-bond acceptors (Lipinski definition) is 5. The van der Waals surface area contributed by atoms with Crippen LogP contribution < -0.4 is 10.6 Å². The summed E-state index contributed by atoms with van der Waals surface area (Å²) in [5.41, 5.74) is -0.540. The van der Waals surface area contributed by atoms with Crippen LogP contribution in [-0.2, 0) is 14.3 Å². The van der Waals surface area contributed by atoms with Crippen LogP contribution in [-0.4, -0.2) is 43.4 Å². The first kappa shape index (κ1) is 12.8. The number of ether oxygens (including phenoxy) is 2. The highest BCUT2D eigenvalue weighted by atomic mass is 16.6. The highest BCUT2D eigenvalue weighted by Crippen LogP contribution is 2.10. The number of nitrogens with one attached hydrogen (secondary N) is 2. The standard InChI is InChI=1S/C10H18N2O4/c1-10(2,3)16-9(14)12-6-5-11-7(6)8(13)15-4/h6-7,11H,5H2,1-4H3,(H,12,14). The van der Waals surface area contributed by atoms with Gasteiger partial charge < -0.3 is 20.1 Å². The van der Waals surface area contributed by atoms with Gasteiger partial charge in [0.2, 0.25) is 0 Å². The number of methoxy groups -OCH3 is 1. The quantitative estimate of drug-likeness (QED) is 0.654. The van der Waals surface area contributed by atoms with Crippen molar-refractivity contribution in [2.24, 2.45) is 0 Å². The Hall–Kier alpha value is -1.30. The molecular weight excluding hydrogens is 212 g/mol. The summed E-state index contributed by atoms with van der Waals surface area (Å²) in [5, 5.41) is 5.48. The highest BCUT2D eigenvalue weighted by Gasteiger charge is 2.38. The van der Waals surface area contributed by atoms with Crippen LogP contribution in [0.5, 0.6) is 0 Å². The number of alkyl carbamates (subject to hydrolysis) is 1. The molecular formula is C10H18N2O4. The van der Waals surface area contributed by atoms with Gasteiger partial charge in [-0.05, 0) is 20.8 Å². The fourth-order valence-electron chi connectivity index (χ4n) is 1.32. The van der Waals surface area contributed by atoms with Gasteiger partial charge in [0.25, 0.3) is 0 Å². The van der Waals surface area contributed by atoms with Crippen molar-refractivity contribution in [1.82, 2.24) is 10.6 Å². The molecule has 6 nitrogen and oxygen atoms in total. The van der Waals surface area contributed by atoms with E-state index in [1.807, 2.05) is 0 Å². The maximum atomic E-state index is 11.4. The van der Waals surface area contributed by atoms with E-state index in [1.54, 1.807) is 20.8 Å². The summed E-state index contributed by atoms with van der Waals surface area (Å²) in [6.07, 6.45) is -0.520. The Labute approximate surface area is 94.7 Å². The number of rotatable bonds is 2. The van der Waals surface area contributed by atoms with E-state index in [2.05, 4.69) is 15.4 Å². The van der Waals surface area contributed by atoms with Gasteiger partial charge in [-0.15, -0.1) is 0 Å². The summed E-state index contributed by atoms with van der Waals surface area (Å²) in [6, 6.07) is -0.736. The van der Waals surface area contributed by atoms with Crippen molar-refractivity contribution in [1.29, 1.82) is 0 Å². The Bertz CT molecular complexity index is 285. The van der Waals surface area contributed by atoms with E-state index in [0.29, 0.717) is 6.54 Å². The summed E-state index contributed by atoms with van der Waals surface area (Å²) in [7, 11) is 1.31. The Morgan fingerprint density at radius 1 is 1.38 bits per heavy atom. The average molecular weight is 230 g/mol. The zero-order valence-corrected chi connectivity index (χ0v) is 9.99. The van der Waals surface area contributed by atoms with Gasteiger partial charge in [-0.2, -0.15) is 0 Å². The van der Waals surface area contributed by atoms with Gasteiger partial charge >= 0.3 is 12.1 Å². The molecule has 2 atom stereocenters. The Kier molecular flexibility index (Phi) is 3.74. The molecule has 2 unspecified atom stereocenters. The first-order chi connectivity index (χ1) is 7.33. The number of hydrogen-bond donors (Lipinski definition) is 2. The van der Waals surface area contributed by atoms with Gasteiger partial charge in [0.15, 0.2) is 0 Å². The molecule has 0 saturated carbocycles. The van der Waals surface area contributed by atoms with E-state index in [9.17, 15) is 9.59 Å². The molecule has 16 heavy (non-hydrogen) atoms. The van der Waals surface area contributed by atoms with Gasteiger partial charge in [-0.25, -0.2) is 4.79 Å². The van der Waals surface area contributed by atoms with Crippen LogP contribution in [0.3, 0.4) is 0 Å². The van der Waals surface area contributed by atoms with Crippen LogP contribution in [0.15, 0.2) is 0 Å². The Balaban J connectivity index is 2.38. The van der Waals surface area contributed by atoms with Crippen molar-refractivity contribution in [2.75, 3.05) is 13.7 Å². The molecule has 92 valence electrons. The highest BCUT2D eigenvalue weighted by molar-refractivity contribution is 5.79. The molecule has 0 aliphatic carbocycles. The molecule has 2 N–H and O–H groups in total. The van der Waals surface area contributed by atoms with E-state index in [4.69, 9.17) is 4.74 Å². The van der Waals surface area contributed by atoms with Crippen molar-refractivity contribution < 1.29 is 19.1 Å². The third-order valence-corrected chi connectivity index (χ3v) is 2.12. The topological polar surface area (TPSA) is 76.7 Å². The largest absolute Gasteiger partial charge is 0.468 e. The molecule has 1 aliphatic heterocycles. The number of esters is 1. The fourth-order valence-corrected chi connectivity index (χ4v) is 1.32. The molecule has 0 aromatic carbocycles. The predicted octanol–water partition coefficient (Wildman–Crippen LogP) is 0.0245. The molecule has 0 aromatic heterocycles. The average Bonchev–Trinajstić information content (AvgIpc) is 2.09.